The molecule has 1 heterocycles. The Bertz CT molecular complexity index is 1020. The van der Waals surface area contributed by atoms with Gasteiger partial charge in [0.15, 0.2) is 0 Å². The minimum Gasteiger partial charge on any atom is -0.465 e. The highest BCUT2D eigenvalue weighted by Gasteiger charge is 2.39. The first-order valence-electron chi connectivity index (χ1n) is 11.8. The van der Waals surface area contributed by atoms with Gasteiger partial charge >= 0.3 is 12.0 Å². The Kier molecular flexibility index (Phi) is 9.69. The molecule has 2 atom stereocenters. The number of carbonyl (C=O) groups excluding carboxylic acids is 2. The van der Waals surface area contributed by atoms with Gasteiger partial charge in [0.05, 0.1) is 18.2 Å². The van der Waals surface area contributed by atoms with Crippen molar-refractivity contribution in [3.8, 4) is 0 Å². The SMILES string of the molecule is COC(=O)c1ccc(NC(=O)NC(C)(c2ccc(CCC(C)(C)C)c(Cl)c2)[C@H](CO)C(C)C)nc1. The predicted molar refractivity (Wildman–Crippen MR) is 140 cm³/mol. The maximum atomic E-state index is 13.0. The van der Waals surface area contributed by atoms with Crippen molar-refractivity contribution in [3.05, 3.63) is 58.2 Å². The van der Waals surface area contributed by atoms with Crippen LogP contribution in [-0.2, 0) is 16.7 Å². The van der Waals surface area contributed by atoms with E-state index in [9.17, 15) is 14.7 Å². The van der Waals surface area contributed by atoms with Gasteiger partial charge in [0.2, 0.25) is 0 Å². The van der Waals surface area contributed by atoms with E-state index in [1.54, 1.807) is 0 Å². The van der Waals surface area contributed by atoms with Gasteiger partial charge in [-0.25, -0.2) is 14.6 Å². The number of esters is 1. The summed E-state index contributed by atoms with van der Waals surface area (Å²) in [6.07, 6.45) is 3.19. The lowest BCUT2D eigenvalue weighted by Crippen LogP contribution is -2.53. The van der Waals surface area contributed by atoms with Gasteiger partial charge in [-0.05, 0) is 60.4 Å². The summed E-state index contributed by atoms with van der Waals surface area (Å²) >= 11 is 6.67. The highest BCUT2D eigenvalue weighted by molar-refractivity contribution is 6.31. The summed E-state index contributed by atoms with van der Waals surface area (Å²) in [6.45, 7) is 12.4. The number of aryl methyl sites for hydroxylation is 1. The number of carbonyl (C=O) groups is 2. The van der Waals surface area contributed by atoms with Gasteiger partial charge in [0.25, 0.3) is 0 Å². The summed E-state index contributed by atoms with van der Waals surface area (Å²) in [5.74, 6) is -0.439. The van der Waals surface area contributed by atoms with E-state index in [1.165, 1.54) is 25.4 Å². The summed E-state index contributed by atoms with van der Waals surface area (Å²) in [5, 5.41) is 16.6. The Morgan fingerprint density at radius 1 is 1.14 bits per heavy atom. The molecule has 2 amide bonds. The first kappa shape index (κ1) is 28.6. The van der Waals surface area contributed by atoms with Crippen LogP contribution in [0.2, 0.25) is 5.02 Å². The summed E-state index contributed by atoms with van der Waals surface area (Å²) in [5.41, 5.74) is 1.42. The number of hydrogen-bond acceptors (Lipinski definition) is 5. The van der Waals surface area contributed by atoms with E-state index >= 15 is 0 Å². The minimum atomic E-state index is -0.912. The van der Waals surface area contributed by atoms with Crippen LogP contribution in [0.15, 0.2) is 36.5 Å². The van der Waals surface area contributed by atoms with E-state index < -0.39 is 17.5 Å². The molecule has 7 nitrogen and oxygen atoms in total. The lowest BCUT2D eigenvalue weighted by Gasteiger charge is -2.40. The van der Waals surface area contributed by atoms with Crippen molar-refractivity contribution in [1.82, 2.24) is 10.3 Å². The number of methoxy groups -OCH3 is 1. The molecule has 0 radical (unpaired) electrons. The quantitative estimate of drug-likeness (QED) is 0.375. The van der Waals surface area contributed by atoms with Crippen LogP contribution in [0.1, 0.15) is 69.4 Å². The van der Waals surface area contributed by atoms with Crippen LogP contribution in [0.5, 0.6) is 0 Å². The van der Waals surface area contributed by atoms with E-state index in [4.69, 9.17) is 11.6 Å². The zero-order valence-electron chi connectivity index (χ0n) is 21.7. The molecule has 8 heteroatoms. The molecule has 0 aliphatic heterocycles. The van der Waals surface area contributed by atoms with E-state index in [0.29, 0.717) is 5.02 Å². The largest absolute Gasteiger partial charge is 0.465 e. The molecule has 0 saturated heterocycles. The van der Waals surface area contributed by atoms with Gasteiger partial charge in [-0.3, -0.25) is 5.32 Å². The van der Waals surface area contributed by atoms with E-state index in [2.05, 4.69) is 41.1 Å². The molecule has 0 fully saturated rings. The van der Waals surface area contributed by atoms with Gasteiger partial charge in [-0.1, -0.05) is 58.4 Å². The number of aromatic nitrogens is 1. The number of ether oxygens (including phenoxy) is 1. The Morgan fingerprint density at radius 2 is 1.83 bits per heavy atom. The number of rotatable bonds is 9. The van der Waals surface area contributed by atoms with Crippen LogP contribution >= 0.6 is 11.6 Å². The molecule has 0 aliphatic carbocycles. The average molecular weight is 504 g/mol. The highest BCUT2D eigenvalue weighted by Crippen LogP contribution is 2.37. The second-order valence-corrected chi connectivity index (χ2v) is 11.0. The Balaban J connectivity index is 2.31. The lowest BCUT2D eigenvalue weighted by atomic mass is 9.74. The number of halogens is 1. The number of aliphatic hydroxyl groups is 1. The Morgan fingerprint density at radius 3 is 2.31 bits per heavy atom. The topological polar surface area (TPSA) is 101 Å². The van der Waals surface area contributed by atoms with E-state index in [-0.39, 0.29) is 35.2 Å². The van der Waals surface area contributed by atoms with Gasteiger partial charge in [0.1, 0.15) is 5.82 Å². The number of urea groups is 1. The summed E-state index contributed by atoms with van der Waals surface area (Å²) in [4.78, 5) is 28.7. The number of anilines is 1. The molecule has 1 aromatic heterocycles. The van der Waals surface area contributed by atoms with Crippen LogP contribution in [0.3, 0.4) is 0 Å². The minimum absolute atomic E-state index is 0.0714. The molecule has 0 aliphatic rings. The fourth-order valence-electron chi connectivity index (χ4n) is 4.11. The molecular weight excluding hydrogens is 466 g/mol. The molecule has 192 valence electrons. The van der Waals surface area contributed by atoms with Crippen molar-refractivity contribution in [3.63, 3.8) is 0 Å². The number of nitrogens with zero attached hydrogens (tertiary/aromatic N) is 1. The van der Waals surface area contributed by atoms with Crippen LogP contribution in [0, 0.1) is 17.3 Å². The first-order valence-corrected chi connectivity index (χ1v) is 12.2. The second-order valence-electron chi connectivity index (χ2n) is 10.6. The number of pyridine rings is 1. The lowest BCUT2D eigenvalue weighted by molar-refractivity contribution is 0.0600. The second kappa shape index (κ2) is 11.9. The van der Waals surface area contributed by atoms with Gasteiger partial charge < -0.3 is 15.2 Å². The molecule has 0 bridgehead atoms. The van der Waals surface area contributed by atoms with Crippen molar-refractivity contribution in [2.75, 3.05) is 19.0 Å². The monoisotopic (exact) mass is 503 g/mol. The number of amides is 2. The predicted octanol–water partition coefficient (Wildman–Crippen LogP) is 5.80. The molecular formula is C27H38ClN3O4. The number of benzene rings is 1. The highest BCUT2D eigenvalue weighted by atomic mass is 35.5. The fraction of sp³-hybridized carbons (Fsp3) is 0.519. The van der Waals surface area contributed by atoms with Crippen LogP contribution in [0.4, 0.5) is 10.6 Å². The zero-order chi connectivity index (χ0) is 26.4. The molecule has 2 aromatic rings. The van der Waals surface area contributed by atoms with Crippen LogP contribution in [-0.4, -0.2) is 35.8 Å². The number of nitrogens with one attached hydrogen (secondary N) is 2. The van der Waals surface area contributed by atoms with Crippen molar-refractivity contribution in [1.29, 1.82) is 0 Å². The van der Waals surface area contributed by atoms with Crippen LogP contribution in [0.25, 0.3) is 0 Å². The van der Waals surface area contributed by atoms with Crippen molar-refractivity contribution >= 4 is 29.4 Å². The normalized spacial score (nSPS) is 14.2. The third-order valence-electron chi connectivity index (χ3n) is 6.34. The van der Waals surface area contributed by atoms with Gasteiger partial charge in [-0.15, -0.1) is 0 Å². The van der Waals surface area contributed by atoms with E-state index in [0.717, 1.165) is 24.0 Å². The first-order chi connectivity index (χ1) is 16.3. The third-order valence-corrected chi connectivity index (χ3v) is 6.69. The molecule has 2 rings (SSSR count). The maximum absolute atomic E-state index is 13.0. The van der Waals surface area contributed by atoms with Crippen LogP contribution < -0.4 is 10.6 Å². The van der Waals surface area contributed by atoms with Gasteiger partial charge in [-0.2, -0.15) is 0 Å². The number of aliphatic hydroxyl groups excluding tert-OH is 1. The smallest absolute Gasteiger partial charge is 0.339 e. The maximum Gasteiger partial charge on any atom is 0.339 e. The van der Waals surface area contributed by atoms with E-state index in [1.807, 2.05) is 39.0 Å². The van der Waals surface area contributed by atoms with Gasteiger partial charge in [0, 0.05) is 23.7 Å². The average Bonchev–Trinajstić information content (AvgIpc) is 2.77. The summed E-state index contributed by atoms with van der Waals surface area (Å²) < 4.78 is 4.67. The molecule has 3 N–H and O–H groups in total. The Hall–Kier alpha value is -2.64. The third kappa shape index (κ3) is 7.67. The molecule has 0 saturated carbocycles. The van der Waals surface area contributed by atoms with Crippen molar-refractivity contribution < 1.29 is 19.4 Å². The van der Waals surface area contributed by atoms with Crippen molar-refractivity contribution in [2.45, 2.75) is 59.9 Å². The zero-order valence-corrected chi connectivity index (χ0v) is 22.5. The molecule has 1 unspecified atom stereocenters. The fourth-order valence-corrected chi connectivity index (χ4v) is 4.39. The number of hydrogen-bond donors (Lipinski definition) is 3. The molecule has 0 spiro atoms. The molecule has 1 aromatic carbocycles. The Labute approximate surface area is 213 Å². The standard InChI is InChI=1S/C27H38ClN3O4/c1-17(2)21(16-32)27(6,20-10-8-18(22(28)14-20)12-13-26(3,4)5)31-25(34)30-23-11-9-19(15-29-23)24(33)35-7/h8-11,14-15,17,21,32H,12-13,16H2,1-7H3,(H2,29,30,31,34)/t21-,27?/m1/s1. The summed E-state index contributed by atoms with van der Waals surface area (Å²) in [6, 6.07) is 8.42. The summed E-state index contributed by atoms with van der Waals surface area (Å²) in [7, 11) is 1.29. The molecule has 35 heavy (non-hydrogen) atoms. The van der Waals surface area contributed by atoms with Crippen molar-refractivity contribution in [2.24, 2.45) is 17.3 Å².